The number of nitrogens with two attached hydrogens (primary N) is 1. The first-order valence-corrected chi connectivity index (χ1v) is 6.26. The van der Waals surface area contributed by atoms with Gasteiger partial charge in [-0.05, 0) is 12.1 Å². The number of hydrogen-bond acceptors (Lipinski definition) is 5. The number of para-hydroxylation sites is 1. The number of hydrogen-bond donors (Lipinski definition) is 2. The summed E-state index contributed by atoms with van der Waals surface area (Å²) in [5.41, 5.74) is 8.25. The molecule has 1 aromatic heterocycles. The van der Waals surface area contributed by atoms with Gasteiger partial charge < -0.3 is 15.8 Å². The molecule has 1 heterocycles. The zero-order valence-electron chi connectivity index (χ0n) is 10.1. The summed E-state index contributed by atoms with van der Waals surface area (Å²) in [5.74, 6) is -0.236. The summed E-state index contributed by atoms with van der Waals surface area (Å²) >= 11 is 1.26. The molecular formula is C12H12N4O2S. The van der Waals surface area contributed by atoms with E-state index in [9.17, 15) is 4.79 Å². The Balaban J connectivity index is 2.39. The molecule has 0 atom stereocenters. The van der Waals surface area contributed by atoms with Crippen LogP contribution in [-0.2, 0) is 0 Å². The first kappa shape index (κ1) is 13.0. The Morgan fingerprint density at radius 1 is 1.47 bits per heavy atom. The number of aromatic nitrogens is 1. The van der Waals surface area contributed by atoms with Crippen LogP contribution in [0.2, 0.25) is 0 Å². The second-order valence-electron chi connectivity index (χ2n) is 3.73. The molecule has 0 fully saturated rings. The Morgan fingerprint density at radius 3 is 2.84 bits per heavy atom. The van der Waals surface area contributed by atoms with Gasteiger partial charge in [-0.2, -0.15) is 0 Å². The zero-order chi connectivity index (χ0) is 13.8. The highest BCUT2D eigenvalue weighted by Crippen LogP contribution is 2.21. The van der Waals surface area contributed by atoms with Gasteiger partial charge in [0.15, 0.2) is 5.84 Å². The van der Waals surface area contributed by atoms with Gasteiger partial charge in [0.2, 0.25) is 0 Å². The highest BCUT2D eigenvalue weighted by molar-refractivity contribution is 7.11. The predicted octanol–water partition coefficient (Wildman–Crippen LogP) is 1.51. The summed E-state index contributed by atoms with van der Waals surface area (Å²) in [6.07, 6.45) is 1.51. The molecule has 0 aliphatic heterocycles. The topological polar surface area (TPSA) is 91.8 Å². The number of rotatable bonds is 3. The number of amidine groups is 1. The molecule has 2 rings (SSSR count). The lowest BCUT2D eigenvalue weighted by Gasteiger charge is -2.19. The molecule has 1 aromatic carbocycles. The van der Waals surface area contributed by atoms with Crippen LogP contribution in [0.15, 0.2) is 41.1 Å². The summed E-state index contributed by atoms with van der Waals surface area (Å²) in [6, 6.07) is 6.94. The lowest BCUT2D eigenvalue weighted by Crippen LogP contribution is -2.28. The minimum Gasteiger partial charge on any atom is -0.409 e. The van der Waals surface area contributed by atoms with Crippen molar-refractivity contribution in [3.63, 3.8) is 0 Å². The maximum absolute atomic E-state index is 12.2. The lowest BCUT2D eigenvalue weighted by molar-refractivity contribution is 0.0996. The van der Waals surface area contributed by atoms with E-state index in [4.69, 9.17) is 10.9 Å². The monoisotopic (exact) mass is 276 g/mol. The third kappa shape index (κ3) is 2.55. The molecule has 7 heteroatoms. The summed E-state index contributed by atoms with van der Waals surface area (Å²) in [7, 11) is 1.63. The number of carbonyl (C=O) groups excluding carboxylic acids is 1. The van der Waals surface area contributed by atoms with Crippen molar-refractivity contribution < 1.29 is 10.0 Å². The molecule has 3 N–H and O–H groups in total. The van der Waals surface area contributed by atoms with Crippen LogP contribution in [0.3, 0.4) is 0 Å². The minimum atomic E-state index is -0.194. The Hall–Kier alpha value is -2.41. The molecule has 19 heavy (non-hydrogen) atoms. The maximum Gasteiger partial charge on any atom is 0.269 e. The van der Waals surface area contributed by atoms with Gasteiger partial charge >= 0.3 is 0 Å². The zero-order valence-corrected chi connectivity index (χ0v) is 11.0. The summed E-state index contributed by atoms with van der Waals surface area (Å²) in [5, 5.41) is 11.7. The molecule has 0 unspecified atom stereocenters. The Bertz CT molecular complexity index is 610. The molecule has 0 aliphatic rings. The standard InChI is InChI=1S/C12H12N4O2S/c1-16(12(17)10-6-14-7-19-10)9-5-3-2-4-8(9)11(13)15-18/h2-7,18H,1H3,(H2,13,15). The number of thiazole rings is 1. The van der Waals surface area contributed by atoms with E-state index >= 15 is 0 Å². The van der Waals surface area contributed by atoms with Gasteiger partial charge in [0, 0.05) is 12.6 Å². The van der Waals surface area contributed by atoms with E-state index in [0.717, 1.165) is 0 Å². The minimum absolute atomic E-state index is 0.0421. The van der Waals surface area contributed by atoms with Crippen molar-refractivity contribution in [3.05, 3.63) is 46.4 Å². The quantitative estimate of drug-likeness (QED) is 0.385. The number of amides is 1. The van der Waals surface area contributed by atoms with E-state index in [1.54, 1.807) is 36.8 Å². The Morgan fingerprint density at radius 2 is 2.21 bits per heavy atom. The molecular weight excluding hydrogens is 264 g/mol. The number of oxime groups is 1. The Labute approximate surface area is 113 Å². The van der Waals surface area contributed by atoms with Gasteiger partial charge in [0.05, 0.1) is 17.4 Å². The fourth-order valence-electron chi connectivity index (χ4n) is 1.63. The fraction of sp³-hybridized carbons (Fsp3) is 0.0833. The lowest BCUT2D eigenvalue weighted by atomic mass is 10.1. The van der Waals surface area contributed by atoms with Crippen molar-refractivity contribution in [1.29, 1.82) is 0 Å². The SMILES string of the molecule is CN(C(=O)c1cncs1)c1ccccc1/C(N)=N/O. The number of nitrogens with zero attached hydrogens (tertiary/aromatic N) is 3. The van der Waals surface area contributed by atoms with Crippen LogP contribution in [0, 0.1) is 0 Å². The van der Waals surface area contributed by atoms with Crippen molar-refractivity contribution in [2.45, 2.75) is 0 Å². The summed E-state index contributed by atoms with van der Waals surface area (Å²) in [6.45, 7) is 0. The molecule has 0 aliphatic carbocycles. The van der Waals surface area contributed by atoms with Gasteiger partial charge in [-0.1, -0.05) is 17.3 Å². The smallest absolute Gasteiger partial charge is 0.269 e. The van der Waals surface area contributed by atoms with Crippen LogP contribution >= 0.6 is 11.3 Å². The van der Waals surface area contributed by atoms with Gasteiger partial charge in [-0.3, -0.25) is 9.78 Å². The van der Waals surface area contributed by atoms with E-state index in [1.807, 2.05) is 0 Å². The summed E-state index contributed by atoms with van der Waals surface area (Å²) in [4.78, 5) is 18.1. The Kier molecular flexibility index (Phi) is 3.76. The normalized spacial score (nSPS) is 11.3. The second kappa shape index (κ2) is 5.49. The van der Waals surface area contributed by atoms with Crippen molar-refractivity contribution in [3.8, 4) is 0 Å². The van der Waals surface area contributed by atoms with Crippen molar-refractivity contribution in [2.24, 2.45) is 10.9 Å². The maximum atomic E-state index is 12.2. The average molecular weight is 276 g/mol. The summed E-state index contributed by atoms with van der Waals surface area (Å²) < 4.78 is 0. The van der Waals surface area contributed by atoms with E-state index in [0.29, 0.717) is 16.1 Å². The largest absolute Gasteiger partial charge is 0.409 e. The van der Waals surface area contributed by atoms with Crippen molar-refractivity contribution >= 4 is 28.8 Å². The first-order valence-electron chi connectivity index (χ1n) is 5.38. The number of carbonyl (C=O) groups is 1. The molecule has 0 spiro atoms. The molecule has 0 bridgehead atoms. The van der Waals surface area contributed by atoms with Gasteiger partial charge in [0.25, 0.3) is 5.91 Å². The molecule has 0 radical (unpaired) electrons. The third-order valence-corrected chi connectivity index (χ3v) is 3.36. The van der Waals surface area contributed by atoms with Crippen molar-refractivity contribution in [2.75, 3.05) is 11.9 Å². The van der Waals surface area contributed by atoms with E-state index in [2.05, 4.69) is 10.1 Å². The fourth-order valence-corrected chi connectivity index (χ4v) is 2.23. The van der Waals surface area contributed by atoms with Crippen molar-refractivity contribution in [1.82, 2.24) is 4.98 Å². The highest BCUT2D eigenvalue weighted by atomic mass is 32.1. The van der Waals surface area contributed by atoms with Gasteiger partial charge in [-0.15, -0.1) is 11.3 Å². The predicted molar refractivity (Wildman–Crippen MR) is 73.8 cm³/mol. The van der Waals surface area contributed by atoms with Crippen LogP contribution in [0.5, 0.6) is 0 Å². The highest BCUT2D eigenvalue weighted by Gasteiger charge is 2.18. The van der Waals surface area contributed by atoms with Crippen LogP contribution < -0.4 is 10.6 Å². The van der Waals surface area contributed by atoms with E-state index in [-0.39, 0.29) is 11.7 Å². The number of benzene rings is 1. The van der Waals surface area contributed by atoms with Crippen LogP contribution in [0.4, 0.5) is 5.69 Å². The van der Waals surface area contributed by atoms with Gasteiger partial charge in [-0.25, -0.2) is 0 Å². The molecule has 2 aromatic rings. The molecule has 1 amide bonds. The first-order chi connectivity index (χ1) is 9.15. The van der Waals surface area contributed by atoms with E-state index in [1.165, 1.54) is 22.4 Å². The van der Waals surface area contributed by atoms with Crippen LogP contribution in [0.1, 0.15) is 15.2 Å². The molecule has 0 saturated heterocycles. The third-order valence-electron chi connectivity index (χ3n) is 2.60. The second-order valence-corrected chi connectivity index (χ2v) is 4.62. The van der Waals surface area contributed by atoms with Crippen LogP contribution in [-0.4, -0.2) is 29.0 Å². The molecule has 0 saturated carbocycles. The average Bonchev–Trinajstić information content (AvgIpc) is 2.99. The van der Waals surface area contributed by atoms with Gasteiger partial charge in [0.1, 0.15) is 4.88 Å². The number of anilines is 1. The van der Waals surface area contributed by atoms with Crippen LogP contribution in [0.25, 0.3) is 0 Å². The molecule has 98 valence electrons. The van der Waals surface area contributed by atoms with E-state index < -0.39 is 0 Å². The molecule has 6 nitrogen and oxygen atoms in total.